The largest absolute Gasteiger partial charge is 0.324 e. The quantitative estimate of drug-likeness (QED) is 0.873. The molecule has 1 aliphatic rings. The summed E-state index contributed by atoms with van der Waals surface area (Å²) in [5, 5.41) is 11.8. The lowest BCUT2D eigenvalue weighted by atomic mass is 10.1. The zero-order valence-corrected chi connectivity index (χ0v) is 10.3. The predicted octanol–water partition coefficient (Wildman–Crippen LogP) is 2.78. The zero-order valence-electron chi connectivity index (χ0n) is 9.48. The van der Waals surface area contributed by atoms with Crippen molar-refractivity contribution in [3.8, 4) is 6.07 Å². The van der Waals surface area contributed by atoms with Gasteiger partial charge in [-0.05, 0) is 30.7 Å². The summed E-state index contributed by atoms with van der Waals surface area (Å²) in [6.07, 6.45) is 3.25. The topological polar surface area (TPSA) is 52.9 Å². The van der Waals surface area contributed by atoms with Gasteiger partial charge in [-0.1, -0.05) is 18.6 Å². The molecule has 1 amide bonds. The van der Waals surface area contributed by atoms with Crippen molar-refractivity contribution in [3.05, 3.63) is 29.8 Å². The molecular formula is C13H14N2OS. The minimum atomic E-state index is 0.0254. The Balaban J connectivity index is 2.05. The van der Waals surface area contributed by atoms with E-state index < -0.39 is 0 Å². The van der Waals surface area contributed by atoms with Crippen LogP contribution in [0.15, 0.2) is 24.3 Å². The van der Waals surface area contributed by atoms with Gasteiger partial charge in [0.05, 0.1) is 16.5 Å². The van der Waals surface area contributed by atoms with Crippen molar-refractivity contribution in [2.45, 2.75) is 24.5 Å². The molecule has 0 radical (unpaired) electrons. The van der Waals surface area contributed by atoms with E-state index in [1.165, 1.54) is 6.42 Å². The average molecular weight is 246 g/mol. The Morgan fingerprint density at radius 1 is 1.41 bits per heavy atom. The first-order valence-corrected chi connectivity index (χ1v) is 6.78. The number of nitrogens with zero attached hydrogens (tertiary/aromatic N) is 1. The van der Waals surface area contributed by atoms with Crippen LogP contribution in [0.3, 0.4) is 0 Å². The van der Waals surface area contributed by atoms with Crippen LogP contribution < -0.4 is 5.32 Å². The number of thioether (sulfide) groups is 1. The number of hydrogen-bond acceptors (Lipinski definition) is 3. The monoisotopic (exact) mass is 246 g/mol. The van der Waals surface area contributed by atoms with Crippen LogP contribution in [0, 0.1) is 11.3 Å². The van der Waals surface area contributed by atoms with Gasteiger partial charge in [-0.3, -0.25) is 4.79 Å². The first kappa shape index (κ1) is 12.0. The molecule has 88 valence electrons. The van der Waals surface area contributed by atoms with Crippen LogP contribution in [0.2, 0.25) is 0 Å². The van der Waals surface area contributed by atoms with E-state index in [2.05, 4.69) is 11.4 Å². The lowest BCUT2D eigenvalue weighted by Gasteiger charge is -2.20. The van der Waals surface area contributed by atoms with Crippen molar-refractivity contribution in [3.63, 3.8) is 0 Å². The van der Waals surface area contributed by atoms with Gasteiger partial charge in [0, 0.05) is 0 Å². The smallest absolute Gasteiger partial charge is 0.237 e. The number of rotatable bonds is 2. The minimum absolute atomic E-state index is 0.0254. The molecule has 1 unspecified atom stereocenters. The van der Waals surface area contributed by atoms with Crippen molar-refractivity contribution in [1.82, 2.24) is 0 Å². The molecule has 0 bridgehead atoms. The fourth-order valence-electron chi connectivity index (χ4n) is 1.85. The van der Waals surface area contributed by atoms with Crippen LogP contribution in [0.5, 0.6) is 0 Å². The summed E-state index contributed by atoms with van der Waals surface area (Å²) in [6, 6.07) is 9.18. The van der Waals surface area contributed by atoms with E-state index in [1.807, 2.05) is 6.07 Å². The molecule has 1 fully saturated rings. The number of hydrogen-bond donors (Lipinski definition) is 1. The summed E-state index contributed by atoms with van der Waals surface area (Å²) in [7, 11) is 0. The number of carbonyl (C=O) groups is 1. The van der Waals surface area contributed by atoms with Crippen LogP contribution in [-0.2, 0) is 4.79 Å². The fourth-order valence-corrected chi connectivity index (χ4v) is 3.05. The highest BCUT2D eigenvalue weighted by Gasteiger charge is 2.22. The molecule has 1 aromatic carbocycles. The Morgan fingerprint density at radius 3 is 2.94 bits per heavy atom. The highest BCUT2D eigenvalue weighted by Crippen LogP contribution is 2.26. The van der Waals surface area contributed by atoms with Crippen molar-refractivity contribution < 1.29 is 4.79 Å². The van der Waals surface area contributed by atoms with Crippen LogP contribution in [0.25, 0.3) is 0 Å². The Morgan fingerprint density at radius 2 is 2.24 bits per heavy atom. The molecule has 1 N–H and O–H groups in total. The maximum atomic E-state index is 12.0. The first-order valence-electron chi connectivity index (χ1n) is 5.73. The highest BCUT2D eigenvalue weighted by molar-refractivity contribution is 8.00. The van der Waals surface area contributed by atoms with Crippen LogP contribution in [-0.4, -0.2) is 16.9 Å². The fraction of sp³-hybridized carbons (Fsp3) is 0.385. The molecule has 1 aliphatic heterocycles. The van der Waals surface area contributed by atoms with E-state index in [9.17, 15) is 4.79 Å². The van der Waals surface area contributed by atoms with Gasteiger partial charge in [0.1, 0.15) is 6.07 Å². The van der Waals surface area contributed by atoms with Crippen molar-refractivity contribution in [1.29, 1.82) is 5.26 Å². The number of nitriles is 1. The highest BCUT2D eigenvalue weighted by atomic mass is 32.2. The number of benzene rings is 1. The van der Waals surface area contributed by atoms with Crippen LogP contribution in [0.4, 0.5) is 5.69 Å². The molecule has 0 aliphatic carbocycles. The first-order chi connectivity index (χ1) is 8.31. The molecule has 0 spiro atoms. The number of carbonyl (C=O) groups excluding carboxylic acids is 1. The summed E-state index contributed by atoms with van der Waals surface area (Å²) in [4.78, 5) is 12.0. The van der Waals surface area contributed by atoms with Gasteiger partial charge in [-0.15, -0.1) is 11.8 Å². The molecule has 1 aromatic rings. The molecule has 1 saturated heterocycles. The second-order valence-corrected chi connectivity index (χ2v) is 5.31. The van der Waals surface area contributed by atoms with Crippen molar-refractivity contribution in [2.75, 3.05) is 11.1 Å². The molecule has 0 aromatic heterocycles. The second-order valence-electron chi connectivity index (χ2n) is 4.00. The Kier molecular flexibility index (Phi) is 4.05. The lowest BCUT2D eigenvalue weighted by molar-refractivity contribution is -0.115. The Labute approximate surface area is 105 Å². The summed E-state index contributed by atoms with van der Waals surface area (Å²) >= 11 is 1.71. The summed E-state index contributed by atoms with van der Waals surface area (Å²) in [5.41, 5.74) is 1.13. The molecular weight excluding hydrogens is 232 g/mol. The third kappa shape index (κ3) is 3.01. The molecule has 3 nitrogen and oxygen atoms in total. The molecule has 4 heteroatoms. The molecule has 1 heterocycles. The maximum Gasteiger partial charge on any atom is 0.237 e. The van der Waals surface area contributed by atoms with Gasteiger partial charge < -0.3 is 5.32 Å². The minimum Gasteiger partial charge on any atom is -0.324 e. The number of amides is 1. The van der Waals surface area contributed by atoms with Gasteiger partial charge in [0.15, 0.2) is 0 Å². The third-order valence-electron chi connectivity index (χ3n) is 2.78. The molecule has 2 rings (SSSR count). The molecule has 1 atom stereocenters. The van der Waals surface area contributed by atoms with E-state index in [0.717, 1.165) is 18.6 Å². The number of nitrogens with one attached hydrogen (secondary N) is 1. The lowest BCUT2D eigenvalue weighted by Crippen LogP contribution is -2.27. The predicted molar refractivity (Wildman–Crippen MR) is 69.9 cm³/mol. The van der Waals surface area contributed by atoms with Gasteiger partial charge >= 0.3 is 0 Å². The molecule has 17 heavy (non-hydrogen) atoms. The SMILES string of the molecule is N#Cc1ccccc1NC(=O)C1CCCCS1. The normalized spacial score (nSPS) is 19.4. The Bertz CT molecular complexity index is 447. The second kappa shape index (κ2) is 5.74. The van der Waals surface area contributed by atoms with Gasteiger partial charge in [0.25, 0.3) is 0 Å². The average Bonchev–Trinajstić information content (AvgIpc) is 2.40. The van der Waals surface area contributed by atoms with Crippen molar-refractivity contribution >= 4 is 23.4 Å². The van der Waals surface area contributed by atoms with Crippen molar-refractivity contribution in [2.24, 2.45) is 0 Å². The summed E-state index contributed by atoms with van der Waals surface area (Å²) in [6.45, 7) is 0. The van der Waals surface area contributed by atoms with E-state index >= 15 is 0 Å². The van der Waals surface area contributed by atoms with E-state index in [1.54, 1.807) is 30.0 Å². The summed E-state index contributed by atoms with van der Waals surface area (Å²) < 4.78 is 0. The number of anilines is 1. The third-order valence-corrected chi connectivity index (χ3v) is 4.15. The standard InChI is InChI=1S/C13H14N2OS/c14-9-10-5-1-2-6-11(10)15-13(16)12-7-3-4-8-17-12/h1-2,5-6,12H,3-4,7-8H2,(H,15,16). The van der Waals surface area contributed by atoms with Gasteiger partial charge in [-0.2, -0.15) is 5.26 Å². The van der Waals surface area contributed by atoms with E-state index in [4.69, 9.17) is 5.26 Å². The summed E-state index contributed by atoms with van der Waals surface area (Å²) in [5.74, 6) is 1.08. The van der Waals surface area contributed by atoms with Gasteiger partial charge in [0.2, 0.25) is 5.91 Å². The number of para-hydroxylation sites is 1. The van der Waals surface area contributed by atoms with E-state index in [0.29, 0.717) is 11.3 Å². The van der Waals surface area contributed by atoms with Crippen LogP contribution in [0.1, 0.15) is 24.8 Å². The Hall–Kier alpha value is -1.47. The van der Waals surface area contributed by atoms with E-state index in [-0.39, 0.29) is 11.2 Å². The molecule has 0 saturated carbocycles. The van der Waals surface area contributed by atoms with Crippen LogP contribution >= 0.6 is 11.8 Å². The zero-order chi connectivity index (χ0) is 12.1. The van der Waals surface area contributed by atoms with Gasteiger partial charge in [-0.25, -0.2) is 0 Å². The maximum absolute atomic E-state index is 12.0.